The summed E-state index contributed by atoms with van der Waals surface area (Å²) in [5.41, 5.74) is 1.10. The van der Waals surface area contributed by atoms with Crippen LogP contribution in [0.3, 0.4) is 0 Å². The molecule has 0 bridgehead atoms. The van der Waals surface area contributed by atoms with Crippen molar-refractivity contribution in [1.29, 1.82) is 0 Å². The zero-order valence-electron chi connectivity index (χ0n) is 14.9. The fraction of sp³-hybridized carbons (Fsp3) is 0.500. The fourth-order valence-corrected chi connectivity index (χ4v) is 3.30. The summed E-state index contributed by atoms with van der Waals surface area (Å²) in [5.74, 6) is 1.51. The van der Waals surface area contributed by atoms with Crippen LogP contribution < -0.4 is 4.74 Å². The number of thiophene rings is 1. The number of hydrogen-bond acceptors (Lipinski definition) is 4. The molecule has 1 heterocycles. The maximum atomic E-state index is 10.4. The highest BCUT2D eigenvalue weighted by Gasteiger charge is 2.14. The van der Waals surface area contributed by atoms with Crippen molar-refractivity contribution in [1.82, 2.24) is 4.90 Å². The molecule has 0 saturated carbocycles. The van der Waals surface area contributed by atoms with Gasteiger partial charge in [0.15, 0.2) is 0 Å². The van der Waals surface area contributed by atoms with Crippen molar-refractivity contribution >= 4 is 11.3 Å². The molecule has 0 spiro atoms. The fourth-order valence-electron chi connectivity index (χ4n) is 2.55. The van der Waals surface area contributed by atoms with Crippen LogP contribution in [-0.4, -0.2) is 35.8 Å². The van der Waals surface area contributed by atoms with E-state index in [9.17, 15) is 5.11 Å². The van der Waals surface area contributed by atoms with Crippen LogP contribution in [0.25, 0.3) is 0 Å². The summed E-state index contributed by atoms with van der Waals surface area (Å²) >= 11 is 1.77. The number of ether oxygens (including phenoxy) is 1. The lowest BCUT2D eigenvalue weighted by atomic mass is 10.1. The molecule has 3 nitrogen and oxygen atoms in total. The average Bonchev–Trinajstić information content (AvgIpc) is 3.05. The molecule has 1 N–H and O–H groups in total. The third-order valence-electron chi connectivity index (χ3n) is 3.98. The predicted octanol–water partition coefficient (Wildman–Crippen LogP) is 4.34. The molecule has 0 radical (unpaired) electrons. The van der Waals surface area contributed by atoms with E-state index in [-0.39, 0.29) is 0 Å². The van der Waals surface area contributed by atoms with E-state index < -0.39 is 6.10 Å². The van der Waals surface area contributed by atoms with Crippen molar-refractivity contribution in [2.75, 3.05) is 19.7 Å². The first-order valence-corrected chi connectivity index (χ1v) is 9.53. The molecule has 0 aliphatic heterocycles. The molecular formula is C20H29NO2S. The van der Waals surface area contributed by atoms with Gasteiger partial charge in [0, 0.05) is 18.0 Å². The summed E-state index contributed by atoms with van der Waals surface area (Å²) in [5, 5.41) is 12.5. The van der Waals surface area contributed by atoms with E-state index in [2.05, 4.69) is 36.3 Å². The van der Waals surface area contributed by atoms with E-state index in [0.717, 1.165) is 30.8 Å². The molecule has 0 aliphatic rings. The number of aliphatic hydroxyl groups excluding tert-OH is 1. The van der Waals surface area contributed by atoms with Gasteiger partial charge in [-0.25, -0.2) is 0 Å². The number of hydrogen-bond donors (Lipinski definition) is 1. The van der Waals surface area contributed by atoms with E-state index in [1.807, 2.05) is 31.2 Å². The van der Waals surface area contributed by atoms with Gasteiger partial charge in [-0.1, -0.05) is 38.1 Å². The Bertz CT molecular complexity index is 583. The third-order valence-corrected chi connectivity index (χ3v) is 4.84. The molecular weight excluding hydrogens is 318 g/mol. The van der Waals surface area contributed by atoms with Crippen LogP contribution in [0.5, 0.6) is 5.75 Å². The highest BCUT2D eigenvalue weighted by Crippen LogP contribution is 2.17. The highest BCUT2D eigenvalue weighted by atomic mass is 32.1. The van der Waals surface area contributed by atoms with Crippen LogP contribution in [0.1, 0.15) is 30.7 Å². The molecule has 2 rings (SSSR count). The molecule has 1 aromatic heterocycles. The zero-order chi connectivity index (χ0) is 17.4. The number of aryl methyl sites for hydroxylation is 1. The largest absolute Gasteiger partial charge is 0.491 e. The second kappa shape index (κ2) is 9.82. The number of para-hydroxylation sites is 1. The van der Waals surface area contributed by atoms with Gasteiger partial charge in [0.05, 0.1) is 0 Å². The number of benzene rings is 1. The summed E-state index contributed by atoms with van der Waals surface area (Å²) in [6.45, 7) is 9.35. The zero-order valence-corrected chi connectivity index (χ0v) is 15.8. The lowest BCUT2D eigenvalue weighted by Crippen LogP contribution is -2.36. The van der Waals surface area contributed by atoms with Crippen molar-refractivity contribution in [2.45, 2.75) is 39.8 Å². The molecule has 24 heavy (non-hydrogen) atoms. The summed E-state index contributed by atoms with van der Waals surface area (Å²) in [6.07, 6.45) is 0.647. The molecule has 132 valence electrons. The van der Waals surface area contributed by atoms with Crippen LogP contribution in [0, 0.1) is 12.8 Å². The van der Waals surface area contributed by atoms with Crippen LogP contribution >= 0.6 is 11.3 Å². The van der Waals surface area contributed by atoms with E-state index >= 15 is 0 Å². The monoisotopic (exact) mass is 347 g/mol. The maximum Gasteiger partial charge on any atom is 0.122 e. The molecule has 1 aromatic carbocycles. The molecule has 1 atom stereocenters. The number of nitrogens with zero attached hydrogens (tertiary/aromatic N) is 1. The summed E-state index contributed by atoms with van der Waals surface area (Å²) in [7, 11) is 0. The van der Waals surface area contributed by atoms with E-state index in [4.69, 9.17) is 4.74 Å². The minimum absolute atomic E-state index is 0.327. The lowest BCUT2D eigenvalue weighted by molar-refractivity contribution is 0.0640. The second-order valence-electron chi connectivity index (χ2n) is 6.73. The topological polar surface area (TPSA) is 32.7 Å². The van der Waals surface area contributed by atoms with Gasteiger partial charge in [0.1, 0.15) is 18.5 Å². The Hall–Kier alpha value is -1.36. The summed E-state index contributed by atoms with van der Waals surface area (Å²) in [4.78, 5) is 3.67. The van der Waals surface area contributed by atoms with E-state index in [1.54, 1.807) is 11.3 Å². The Balaban J connectivity index is 1.85. The van der Waals surface area contributed by atoms with Crippen LogP contribution in [0.4, 0.5) is 0 Å². The third kappa shape index (κ3) is 6.63. The molecule has 0 fully saturated rings. The van der Waals surface area contributed by atoms with Crippen molar-refractivity contribution in [3.05, 3.63) is 52.2 Å². The van der Waals surface area contributed by atoms with Crippen LogP contribution in [0.15, 0.2) is 41.8 Å². The molecule has 0 aliphatic carbocycles. The molecule has 4 heteroatoms. The maximum absolute atomic E-state index is 10.4. The van der Waals surface area contributed by atoms with E-state index in [0.29, 0.717) is 19.1 Å². The summed E-state index contributed by atoms with van der Waals surface area (Å²) in [6, 6.07) is 12.2. The Labute approximate surface area is 149 Å². The van der Waals surface area contributed by atoms with Gasteiger partial charge in [-0.15, -0.1) is 11.3 Å². The van der Waals surface area contributed by atoms with Crippen LogP contribution in [-0.2, 0) is 6.54 Å². The Morgan fingerprint density at radius 3 is 2.62 bits per heavy atom. The van der Waals surface area contributed by atoms with E-state index in [1.165, 1.54) is 4.88 Å². The number of rotatable bonds is 10. The van der Waals surface area contributed by atoms with Gasteiger partial charge in [0.25, 0.3) is 0 Å². The SMILES string of the molecule is Cc1ccccc1OCC(O)CN(CCC(C)C)Cc1cccs1. The lowest BCUT2D eigenvalue weighted by Gasteiger charge is -2.25. The van der Waals surface area contributed by atoms with Crippen molar-refractivity contribution in [2.24, 2.45) is 5.92 Å². The average molecular weight is 348 g/mol. The minimum Gasteiger partial charge on any atom is -0.491 e. The quantitative estimate of drug-likeness (QED) is 0.694. The van der Waals surface area contributed by atoms with Crippen molar-refractivity contribution < 1.29 is 9.84 Å². The van der Waals surface area contributed by atoms with Gasteiger partial charge in [-0.2, -0.15) is 0 Å². The minimum atomic E-state index is -0.489. The van der Waals surface area contributed by atoms with Gasteiger partial charge < -0.3 is 9.84 Å². The Morgan fingerprint density at radius 2 is 1.96 bits per heavy atom. The summed E-state index contributed by atoms with van der Waals surface area (Å²) < 4.78 is 5.79. The van der Waals surface area contributed by atoms with Crippen molar-refractivity contribution in [3.8, 4) is 5.75 Å². The van der Waals surface area contributed by atoms with Gasteiger partial charge in [-0.05, 0) is 48.9 Å². The number of aliphatic hydroxyl groups is 1. The van der Waals surface area contributed by atoms with Gasteiger partial charge >= 0.3 is 0 Å². The first kappa shape index (κ1) is 19.0. The smallest absolute Gasteiger partial charge is 0.122 e. The first-order valence-electron chi connectivity index (χ1n) is 8.66. The van der Waals surface area contributed by atoms with Crippen molar-refractivity contribution in [3.63, 3.8) is 0 Å². The van der Waals surface area contributed by atoms with Gasteiger partial charge in [0.2, 0.25) is 0 Å². The standard InChI is InChI=1S/C20H29NO2S/c1-16(2)10-11-21(14-19-8-6-12-24-19)13-18(22)15-23-20-9-5-4-7-17(20)3/h4-9,12,16,18,22H,10-11,13-15H2,1-3H3. The molecule has 0 amide bonds. The first-order chi connectivity index (χ1) is 11.5. The Morgan fingerprint density at radius 1 is 1.17 bits per heavy atom. The highest BCUT2D eigenvalue weighted by molar-refractivity contribution is 7.09. The molecule has 0 saturated heterocycles. The Kier molecular flexibility index (Phi) is 7.76. The predicted molar refractivity (Wildman–Crippen MR) is 102 cm³/mol. The normalized spacial score (nSPS) is 12.8. The molecule has 1 unspecified atom stereocenters. The van der Waals surface area contributed by atoms with Crippen LogP contribution in [0.2, 0.25) is 0 Å². The van der Waals surface area contributed by atoms with Gasteiger partial charge in [-0.3, -0.25) is 4.90 Å². The second-order valence-corrected chi connectivity index (χ2v) is 7.76. The molecule has 2 aromatic rings.